The molecule has 3 rings (SSSR count). The molecule has 0 atom stereocenters. The average Bonchev–Trinajstić information content (AvgIpc) is 2.75. The maximum absolute atomic E-state index is 12.5. The van der Waals surface area contributed by atoms with E-state index in [-0.39, 0.29) is 5.91 Å². The summed E-state index contributed by atoms with van der Waals surface area (Å²) in [6, 6.07) is 17.2. The molecule has 0 saturated heterocycles. The molecule has 0 unspecified atom stereocenters. The van der Waals surface area contributed by atoms with E-state index in [0.717, 1.165) is 11.3 Å². The van der Waals surface area contributed by atoms with Crippen LogP contribution in [0.1, 0.15) is 21.5 Å². The van der Waals surface area contributed by atoms with Crippen molar-refractivity contribution < 1.29 is 14.3 Å². The van der Waals surface area contributed by atoms with Gasteiger partial charge in [0.15, 0.2) is 11.5 Å². The lowest BCUT2D eigenvalue weighted by Gasteiger charge is -2.11. The lowest BCUT2D eigenvalue weighted by Crippen LogP contribution is -2.25. The molecule has 0 bridgehead atoms. The number of pyridine rings is 1. The average molecular weight is 391 g/mol. The Balaban J connectivity index is 1.57. The van der Waals surface area contributed by atoms with Crippen LogP contribution >= 0.6 is 0 Å². The van der Waals surface area contributed by atoms with Crippen molar-refractivity contribution in [2.45, 2.75) is 13.3 Å². The van der Waals surface area contributed by atoms with Gasteiger partial charge in [-0.1, -0.05) is 23.8 Å². The van der Waals surface area contributed by atoms with E-state index in [4.69, 9.17) is 9.47 Å². The molecule has 0 aliphatic heterocycles. The van der Waals surface area contributed by atoms with E-state index in [2.05, 4.69) is 15.6 Å². The summed E-state index contributed by atoms with van der Waals surface area (Å²) in [5, 5.41) is 6.16. The first-order valence-corrected chi connectivity index (χ1v) is 9.38. The highest BCUT2D eigenvalue weighted by molar-refractivity contribution is 5.94. The maximum atomic E-state index is 12.5. The van der Waals surface area contributed by atoms with Gasteiger partial charge >= 0.3 is 0 Å². The lowest BCUT2D eigenvalue weighted by molar-refractivity contribution is 0.0954. The van der Waals surface area contributed by atoms with Crippen LogP contribution in [0.25, 0.3) is 0 Å². The summed E-state index contributed by atoms with van der Waals surface area (Å²) in [7, 11) is 3.21. The molecule has 2 N–H and O–H groups in total. The van der Waals surface area contributed by atoms with Gasteiger partial charge in [0.2, 0.25) is 0 Å². The lowest BCUT2D eigenvalue weighted by atomic mass is 10.1. The normalized spacial score (nSPS) is 10.3. The van der Waals surface area contributed by atoms with Gasteiger partial charge in [-0.3, -0.25) is 4.79 Å². The molecule has 1 heterocycles. The second-order valence-electron chi connectivity index (χ2n) is 6.62. The van der Waals surface area contributed by atoms with E-state index >= 15 is 0 Å². The van der Waals surface area contributed by atoms with Crippen LogP contribution in [0.2, 0.25) is 0 Å². The van der Waals surface area contributed by atoms with Gasteiger partial charge in [0.1, 0.15) is 5.82 Å². The largest absolute Gasteiger partial charge is 0.493 e. The first-order valence-electron chi connectivity index (χ1n) is 9.38. The Morgan fingerprint density at radius 2 is 1.72 bits per heavy atom. The van der Waals surface area contributed by atoms with Gasteiger partial charge in [0.25, 0.3) is 5.91 Å². The van der Waals surface area contributed by atoms with E-state index in [0.29, 0.717) is 35.8 Å². The van der Waals surface area contributed by atoms with Crippen molar-refractivity contribution in [2.75, 3.05) is 26.1 Å². The van der Waals surface area contributed by atoms with Crippen molar-refractivity contribution in [1.82, 2.24) is 10.3 Å². The standard InChI is InChI=1S/C23H25N3O3/c1-16-4-7-19(8-5-16)26-22-15-18(11-13-24-22)23(27)25-12-10-17-6-9-20(28-2)21(14-17)29-3/h4-9,11,13-15H,10,12H2,1-3H3,(H,24,26)(H,25,27). The fourth-order valence-electron chi connectivity index (χ4n) is 2.88. The first kappa shape index (κ1) is 20.2. The van der Waals surface area contributed by atoms with Gasteiger partial charge in [0, 0.05) is 24.0 Å². The van der Waals surface area contributed by atoms with Crippen LogP contribution in [-0.4, -0.2) is 31.7 Å². The topological polar surface area (TPSA) is 72.5 Å². The Labute approximate surface area is 170 Å². The molecule has 0 aliphatic carbocycles. The number of carbonyl (C=O) groups excluding carboxylic acids is 1. The molecule has 6 heteroatoms. The monoisotopic (exact) mass is 391 g/mol. The summed E-state index contributed by atoms with van der Waals surface area (Å²) in [6.45, 7) is 2.55. The van der Waals surface area contributed by atoms with Crippen molar-refractivity contribution in [3.63, 3.8) is 0 Å². The highest BCUT2D eigenvalue weighted by Crippen LogP contribution is 2.27. The fraction of sp³-hybridized carbons (Fsp3) is 0.217. The van der Waals surface area contributed by atoms with Crippen molar-refractivity contribution in [3.05, 3.63) is 77.5 Å². The summed E-state index contributed by atoms with van der Waals surface area (Å²) < 4.78 is 10.6. The molecule has 1 aromatic heterocycles. The Bertz CT molecular complexity index is 971. The zero-order valence-corrected chi connectivity index (χ0v) is 16.9. The smallest absolute Gasteiger partial charge is 0.251 e. The van der Waals surface area contributed by atoms with Crippen LogP contribution < -0.4 is 20.1 Å². The number of benzene rings is 2. The van der Waals surface area contributed by atoms with Crippen LogP contribution in [0.5, 0.6) is 11.5 Å². The zero-order chi connectivity index (χ0) is 20.6. The Kier molecular flexibility index (Phi) is 6.68. The van der Waals surface area contributed by atoms with E-state index < -0.39 is 0 Å². The Morgan fingerprint density at radius 1 is 0.966 bits per heavy atom. The third kappa shape index (κ3) is 5.48. The molecule has 1 amide bonds. The quantitative estimate of drug-likeness (QED) is 0.604. The highest BCUT2D eigenvalue weighted by atomic mass is 16.5. The molecular formula is C23H25N3O3. The number of rotatable bonds is 8. The third-order valence-electron chi connectivity index (χ3n) is 4.49. The summed E-state index contributed by atoms with van der Waals surface area (Å²) in [5.74, 6) is 1.85. The summed E-state index contributed by atoms with van der Waals surface area (Å²) >= 11 is 0. The molecule has 0 aliphatic rings. The first-order chi connectivity index (χ1) is 14.1. The van der Waals surface area contributed by atoms with Crippen molar-refractivity contribution >= 4 is 17.4 Å². The SMILES string of the molecule is COc1ccc(CCNC(=O)c2ccnc(Nc3ccc(C)cc3)c2)cc1OC. The van der Waals surface area contributed by atoms with E-state index in [9.17, 15) is 4.79 Å². The minimum Gasteiger partial charge on any atom is -0.493 e. The molecule has 0 saturated carbocycles. The minimum absolute atomic E-state index is 0.139. The van der Waals surface area contributed by atoms with Gasteiger partial charge < -0.3 is 20.1 Å². The van der Waals surface area contributed by atoms with Crippen LogP contribution in [0, 0.1) is 6.92 Å². The summed E-state index contributed by atoms with van der Waals surface area (Å²) in [6.07, 6.45) is 2.31. The van der Waals surface area contributed by atoms with Crippen molar-refractivity contribution in [2.24, 2.45) is 0 Å². The number of nitrogens with zero attached hydrogens (tertiary/aromatic N) is 1. The van der Waals surface area contributed by atoms with Crippen molar-refractivity contribution in [1.29, 1.82) is 0 Å². The molecule has 150 valence electrons. The summed E-state index contributed by atoms with van der Waals surface area (Å²) in [5.41, 5.74) is 3.72. The van der Waals surface area contributed by atoms with Crippen molar-refractivity contribution in [3.8, 4) is 11.5 Å². The molecule has 3 aromatic rings. The van der Waals surface area contributed by atoms with E-state index in [1.165, 1.54) is 5.56 Å². The molecule has 6 nitrogen and oxygen atoms in total. The number of hydrogen-bond donors (Lipinski definition) is 2. The maximum Gasteiger partial charge on any atom is 0.251 e. The second kappa shape index (κ2) is 9.59. The predicted octanol–water partition coefficient (Wildman–Crippen LogP) is 4.12. The van der Waals surface area contributed by atoms with E-state index in [1.807, 2.05) is 49.4 Å². The van der Waals surface area contributed by atoms with E-state index in [1.54, 1.807) is 32.5 Å². The number of aromatic nitrogens is 1. The van der Waals surface area contributed by atoms with Gasteiger partial charge in [-0.25, -0.2) is 4.98 Å². The minimum atomic E-state index is -0.139. The predicted molar refractivity (Wildman–Crippen MR) is 114 cm³/mol. The molecule has 0 fully saturated rings. The Hall–Kier alpha value is -3.54. The zero-order valence-electron chi connectivity index (χ0n) is 16.9. The number of nitrogens with one attached hydrogen (secondary N) is 2. The number of ether oxygens (including phenoxy) is 2. The molecule has 2 aromatic carbocycles. The molecule has 0 spiro atoms. The number of amides is 1. The number of anilines is 2. The number of hydrogen-bond acceptors (Lipinski definition) is 5. The van der Waals surface area contributed by atoms with Gasteiger partial charge in [-0.05, 0) is 55.3 Å². The molecule has 29 heavy (non-hydrogen) atoms. The number of methoxy groups -OCH3 is 2. The van der Waals surface area contributed by atoms with Crippen LogP contribution in [-0.2, 0) is 6.42 Å². The number of aryl methyl sites for hydroxylation is 1. The van der Waals surface area contributed by atoms with Crippen LogP contribution in [0.15, 0.2) is 60.8 Å². The summed E-state index contributed by atoms with van der Waals surface area (Å²) in [4.78, 5) is 16.8. The van der Waals surface area contributed by atoms with Gasteiger partial charge in [0.05, 0.1) is 14.2 Å². The van der Waals surface area contributed by atoms with Crippen LogP contribution in [0.3, 0.4) is 0 Å². The molecular weight excluding hydrogens is 366 g/mol. The van der Waals surface area contributed by atoms with Crippen LogP contribution in [0.4, 0.5) is 11.5 Å². The molecule has 0 radical (unpaired) electrons. The van der Waals surface area contributed by atoms with Gasteiger partial charge in [-0.2, -0.15) is 0 Å². The Morgan fingerprint density at radius 3 is 2.45 bits per heavy atom. The third-order valence-corrected chi connectivity index (χ3v) is 4.49. The highest BCUT2D eigenvalue weighted by Gasteiger charge is 2.08. The second-order valence-corrected chi connectivity index (χ2v) is 6.62. The number of carbonyl (C=O) groups is 1. The van der Waals surface area contributed by atoms with Gasteiger partial charge in [-0.15, -0.1) is 0 Å². The fourth-order valence-corrected chi connectivity index (χ4v) is 2.88.